The lowest BCUT2D eigenvalue weighted by molar-refractivity contribution is 0.110. The highest BCUT2D eigenvalue weighted by atomic mass is 35.5. The number of para-hydroxylation sites is 1. The molecule has 2 aromatic carbocycles. The van der Waals surface area contributed by atoms with E-state index in [0.29, 0.717) is 31.7 Å². The maximum absolute atomic E-state index is 6.53. The SMILES string of the molecule is CCOCCOc1cccc2c1NC(c1ccccc1Cl)C1CC=CC21. The van der Waals surface area contributed by atoms with E-state index in [-0.39, 0.29) is 6.04 Å². The molecule has 1 aliphatic heterocycles. The zero-order valence-electron chi connectivity index (χ0n) is 15.0. The number of hydrogen-bond acceptors (Lipinski definition) is 3. The Morgan fingerprint density at radius 2 is 1.92 bits per heavy atom. The molecule has 26 heavy (non-hydrogen) atoms. The molecule has 0 bridgehead atoms. The molecule has 1 N–H and O–H groups in total. The van der Waals surface area contributed by atoms with Crippen molar-refractivity contribution < 1.29 is 9.47 Å². The molecule has 3 unspecified atom stereocenters. The molecule has 0 aromatic heterocycles. The number of anilines is 1. The van der Waals surface area contributed by atoms with Gasteiger partial charge in [-0.25, -0.2) is 0 Å². The van der Waals surface area contributed by atoms with Gasteiger partial charge in [-0.1, -0.05) is 54.1 Å². The van der Waals surface area contributed by atoms with E-state index in [0.717, 1.165) is 28.4 Å². The van der Waals surface area contributed by atoms with Crippen molar-refractivity contribution in [1.82, 2.24) is 0 Å². The average Bonchev–Trinajstić information content (AvgIpc) is 3.15. The number of fused-ring (bicyclic) bond motifs is 3. The zero-order chi connectivity index (χ0) is 17.9. The Labute approximate surface area is 160 Å². The molecule has 4 heteroatoms. The topological polar surface area (TPSA) is 30.5 Å². The molecule has 0 saturated carbocycles. The highest BCUT2D eigenvalue weighted by Gasteiger charge is 2.39. The van der Waals surface area contributed by atoms with Crippen molar-refractivity contribution in [3.05, 3.63) is 70.8 Å². The van der Waals surface area contributed by atoms with Gasteiger partial charge in [0.2, 0.25) is 0 Å². The number of benzene rings is 2. The van der Waals surface area contributed by atoms with Gasteiger partial charge in [0, 0.05) is 17.5 Å². The van der Waals surface area contributed by atoms with Crippen LogP contribution in [0.3, 0.4) is 0 Å². The van der Waals surface area contributed by atoms with Crippen LogP contribution in [0.1, 0.15) is 36.4 Å². The molecule has 3 nitrogen and oxygen atoms in total. The summed E-state index contributed by atoms with van der Waals surface area (Å²) in [5.41, 5.74) is 3.55. The molecule has 0 saturated heterocycles. The van der Waals surface area contributed by atoms with E-state index in [1.165, 1.54) is 5.56 Å². The third-order valence-electron chi connectivity index (χ3n) is 5.29. The van der Waals surface area contributed by atoms with E-state index in [1.54, 1.807) is 0 Å². The summed E-state index contributed by atoms with van der Waals surface area (Å²) in [7, 11) is 0. The van der Waals surface area contributed by atoms with Crippen LogP contribution in [0.5, 0.6) is 5.75 Å². The normalized spacial score (nSPS) is 23.2. The number of allylic oxidation sites excluding steroid dienone is 2. The van der Waals surface area contributed by atoms with Gasteiger partial charge in [0.15, 0.2) is 0 Å². The van der Waals surface area contributed by atoms with Gasteiger partial charge in [-0.15, -0.1) is 0 Å². The lowest BCUT2D eigenvalue weighted by Gasteiger charge is -2.38. The van der Waals surface area contributed by atoms with Crippen molar-refractivity contribution in [3.63, 3.8) is 0 Å². The fourth-order valence-corrected chi connectivity index (χ4v) is 4.36. The fourth-order valence-electron chi connectivity index (χ4n) is 4.10. The van der Waals surface area contributed by atoms with Gasteiger partial charge in [-0.05, 0) is 42.5 Å². The Kier molecular flexibility index (Phi) is 5.18. The van der Waals surface area contributed by atoms with Crippen LogP contribution >= 0.6 is 11.6 Å². The number of nitrogens with one attached hydrogen (secondary N) is 1. The Balaban J connectivity index is 1.67. The molecule has 0 fully saturated rings. The number of ether oxygens (including phenoxy) is 2. The summed E-state index contributed by atoms with van der Waals surface area (Å²) in [4.78, 5) is 0. The molecule has 0 amide bonds. The maximum atomic E-state index is 6.53. The Morgan fingerprint density at radius 1 is 1.08 bits per heavy atom. The van der Waals surface area contributed by atoms with Crippen LogP contribution in [-0.4, -0.2) is 19.8 Å². The molecular formula is C22H24ClNO2. The van der Waals surface area contributed by atoms with Crippen LogP contribution in [0.4, 0.5) is 5.69 Å². The summed E-state index contributed by atoms with van der Waals surface area (Å²) in [5, 5.41) is 4.56. The maximum Gasteiger partial charge on any atom is 0.142 e. The number of halogens is 1. The lowest BCUT2D eigenvalue weighted by Crippen LogP contribution is -2.29. The molecule has 136 valence electrons. The van der Waals surface area contributed by atoms with E-state index in [9.17, 15) is 0 Å². The van der Waals surface area contributed by atoms with Gasteiger partial charge in [0.25, 0.3) is 0 Å². The van der Waals surface area contributed by atoms with Crippen molar-refractivity contribution in [1.29, 1.82) is 0 Å². The van der Waals surface area contributed by atoms with E-state index in [1.807, 2.05) is 25.1 Å². The van der Waals surface area contributed by atoms with Gasteiger partial charge in [-0.3, -0.25) is 0 Å². The van der Waals surface area contributed by atoms with Gasteiger partial charge in [0.1, 0.15) is 12.4 Å². The first kappa shape index (κ1) is 17.4. The van der Waals surface area contributed by atoms with Gasteiger partial charge >= 0.3 is 0 Å². The predicted molar refractivity (Wildman–Crippen MR) is 106 cm³/mol. The van der Waals surface area contributed by atoms with E-state index in [2.05, 4.69) is 41.7 Å². The van der Waals surface area contributed by atoms with E-state index in [4.69, 9.17) is 21.1 Å². The zero-order valence-corrected chi connectivity index (χ0v) is 15.7. The van der Waals surface area contributed by atoms with E-state index >= 15 is 0 Å². The summed E-state index contributed by atoms with van der Waals surface area (Å²) in [6, 6.07) is 14.6. The quantitative estimate of drug-likeness (QED) is 0.532. The van der Waals surface area contributed by atoms with Crippen molar-refractivity contribution in [3.8, 4) is 5.75 Å². The summed E-state index contributed by atoms with van der Waals surface area (Å²) in [6.07, 6.45) is 5.68. The van der Waals surface area contributed by atoms with Gasteiger partial charge in [-0.2, -0.15) is 0 Å². The standard InChI is InChI=1S/C22H24ClNO2/c1-2-25-13-14-26-20-12-6-10-17-15-8-5-9-16(15)21(24-22(17)20)18-7-3-4-11-19(18)23/h3-8,10-12,15-16,21,24H,2,9,13-14H2,1H3. The minimum absolute atomic E-state index is 0.174. The monoisotopic (exact) mass is 369 g/mol. The Hall–Kier alpha value is -1.97. The molecular weight excluding hydrogens is 346 g/mol. The third-order valence-corrected chi connectivity index (χ3v) is 5.63. The second-order valence-electron chi connectivity index (χ2n) is 6.76. The fraction of sp³-hybridized carbons (Fsp3) is 0.364. The second kappa shape index (κ2) is 7.73. The lowest BCUT2D eigenvalue weighted by atomic mass is 9.77. The second-order valence-corrected chi connectivity index (χ2v) is 7.17. The van der Waals surface area contributed by atoms with Crippen LogP contribution in [0, 0.1) is 5.92 Å². The van der Waals surface area contributed by atoms with Gasteiger partial charge < -0.3 is 14.8 Å². The first-order valence-corrected chi connectivity index (χ1v) is 9.68. The van der Waals surface area contributed by atoms with Crippen molar-refractivity contribution in [2.24, 2.45) is 5.92 Å². The molecule has 1 aliphatic carbocycles. The van der Waals surface area contributed by atoms with Crippen molar-refractivity contribution >= 4 is 17.3 Å². The Bertz CT molecular complexity index is 804. The highest BCUT2D eigenvalue weighted by molar-refractivity contribution is 6.31. The number of hydrogen-bond donors (Lipinski definition) is 1. The van der Waals surface area contributed by atoms with Crippen molar-refractivity contribution in [2.45, 2.75) is 25.3 Å². The molecule has 1 heterocycles. The first-order valence-electron chi connectivity index (χ1n) is 9.30. The van der Waals surface area contributed by atoms with Crippen molar-refractivity contribution in [2.75, 3.05) is 25.1 Å². The molecule has 3 atom stereocenters. The third kappa shape index (κ3) is 3.22. The molecule has 2 aliphatic rings. The Morgan fingerprint density at radius 3 is 2.77 bits per heavy atom. The van der Waals surface area contributed by atoms with Crippen LogP contribution in [0.25, 0.3) is 0 Å². The van der Waals surface area contributed by atoms with Crippen LogP contribution in [-0.2, 0) is 4.74 Å². The first-order chi connectivity index (χ1) is 12.8. The van der Waals surface area contributed by atoms with Crippen LogP contribution < -0.4 is 10.1 Å². The van der Waals surface area contributed by atoms with E-state index < -0.39 is 0 Å². The van der Waals surface area contributed by atoms with Crippen LogP contribution in [0.2, 0.25) is 5.02 Å². The summed E-state index contributed by atoms with van der Waals surface area (Å²) in [5.74, 6) is 1.75. The molecule has 2 aromatic rings. The smallest absolute Gasteiger partial charge is 0.142 e. The minimum atomic E-state index is 0.174. The average molecular weight is 370 g/mol. The largest absolute Gasteiger partial charge is 0.489 e. The molecule has 0 spiro atoms. The molecule has 4 rings (SSSR count). The van der Waals surface area contributed by atoms with Crippen LogP contribution in [0.15, 0.2) is 54.6 Å². The van der Waals surface area contributed by atoms with Gasteiger partial charge in [0.05, 0.1) is 18.3 Å². The summed E-state index contributed by atoms with van der Waals surface area (Å²) >= 11 is 6.53. The predicted octanol–water partition coefficient (Wildman–Crippen LogP) is 5.58. The summed E-state index contributed by atoms with van der Waals surface area (Å²) < 4.78 is 11.4. The molecule has 0 radical (unpaired) electrons. The summed E-state index contributed by atoms with van der Waals surface area (Å²) in [6.45, 7) is 3.84. The number of rotatable bonds is 6. The highest BCUT2D eigenvalue weighted by Crippen LogP contribution is 2.52. The minimum Gasteiger partial charge on any atom is -0.489 e.